The SMILES string of the molecule is Cc1cnc2c(c1)NC(c1cccnc1N)N2c1ccc(CNC(=O)c2cccc(F)c2F)cc1. The van der Waals surface area contributed by atoms with E-state index in [2.05, 4.69) is 20.6 Å². The number of nitrogens with two attached hydrogens (primary N) is 1. The molecule has 0 aliphatic carbocycles. The second kappa shape index (κ2) is 9.02. The molecule has 0 fully saturated rings. The lowest BCUT2D eigenvalue weighted by Crippen LogP contribution is -2.25. The van der Waals surface area contributed by atoms with Gasteiger partial charge in [0, 0.05) is 30.2 Å². The van der Waals surface area contributed by atoms with Crippen LogP contribution in [0.2, 0.25) is 0 Å². The van der Waals surface area contributed by atoms with E-state index in [1.807, 2.05) is 54.3 Å². The number of benzene rings is 2. The van der Waals surface area contributed by atoms with E-state index in [4.69, 9.17) is 5.73 Å². The fourth-order valence-electron chi connectivity index (χ4n) is 4.07. The first-order valence-corrected chi connectivity index (χ1v) is 11.0. The van der Waals surface area contributed by atoms with Crippen molar-refractivity contribution < 1.29 is 13.6 Å². The minimum Gasteiger partial charge on any atom is -0.383 e. The molecule has 0 spiro atoms. The Labute approximate surface area is 200 Å². The fourth-order valence-corrected chi connectivity index (χ4v) is 4.07. The zero-order chi connectivity index (χ0) is 24.5. The molecule has 3 heterocycles. The van der Waals surface area contributed by atoms with E-state index < -0.39 is 17.5 Å². The molecule has 7 nitrogen and oxygen atoms in total. The number of pyridine rings is 2. The predicted molar refractivity (Wildman–Crippen MR) is 130 cm³/mol. The lowest BCUT2D eigenvalue weighted by atomic mass is 10.1. The van der Waals surface area contributed by atoms with Gasteiger partial charge >= 0.3 is 0 Å². The summed E-state index contributed by atoms with van der Waals surface area (Å²) in [6, 6.07) is 16.8. The van der Waals surface area contributed by atoms with Gasteiger partial charge in [-0.3, -0.25) is 9.69 Å². The van der Waals surface area contributed by atoms with Crippen LogP contribution in [0, 0.1) is 18.6 Å². The minimum absolute atomic E-state index is 0.153. The Morgan fingerprint density at radius 1 is 1.11 bits per heavy atom. The van der Waals surface area contributed by atoms with Crippen molar-refractivity contribution in [3.63, 3.8) is 0 Å². The average Bonchev–Trinajstić information content (AvgIpc) is 3.23. The van der Waals surface area contributed by atoms with Crippen molar-refractivity contribution in [2.24, 2.45) is 0 Å². The van der Waals surface area contributed by atoms with Gasteiger partial charge in [0.15, 0.2) is 17.5 Å². The van der Waals surface area contributed by atoms with E-state index in [0.29, 0.717) is 5.82 Å². The fraction of sp³-hybridized carbons (Fsp3) is 0.115. The molecule has 4 N–H and O–H groups in total. The van der Waals surface area contributed by atoms with Gasteiger partial charge in [-0.1, -0.05) is 18.2 Å². The normalized spacial score (nSPS) is 14.4. The number of halogens is 2. The molecule has 4 aromatic rings. The third-order valence-corrected chi connectivity index (χ3v) is 5.81. The molecule has 2 aromatic carbocycles. The molecule has 176 valence electrons. The van der Waals surface area contributed by atoms with Crippen molar-refractivity contribution in [3.8, 4) is 0 Å². The molecule has 5 rings (SSSR count). The number of nitrogen functional groups attached to an aromatic ring is 1. The maximum Gasteiger partial charge on any atom is 0.254 e. The summed E-state index contributed by atoms with van der Waals surface area (Å²) in [6.07, 6.45) is 3.14. The van der Waals surface area contributed by atoms with Gasteiger partial charge in [-0.2, -0.15) is 0 Å². The summed E-state index contributed by atoms with van der Waals surface area (Å²) in [5.41, 5.74) is 10.2. The highest BCUT2D eigenvalue weighted by Gasteiger charge is 2.33. The monoisotopic (exact) mass is 472 g/mol. The summed E-state index contributed by atoms with van der Waals surface area (Å²) >= 11 is 0. The molecule has 0 radical (unpaired) electrons. The van der Waals surface area contributed by atoms with Gasteiger partial charge in [0.25, 0.3) is 5.91 Å². The average molecular weight is 472 g/mol. The van der Waals surface area contributed by atoms with E-state index in [0.717, 1.165) is 39.9 Å². The number of anilines is 4. The molecule has 0 bridgehead atoms. The Kier molecular flexibility index (Phi) is 5.74. The maximum atomic E-state index is 13.9. The molecule has 1 aliphatic rings. The number of nitrogens with zero attached hydrogens (tertiary/aromatic N) is 3. The topological polar surface area (TPSA) is 96.2 Å². The van der Waals surface area contributed by atoms with Crippen molar-refractivity contribution >= 4 is 28.9 Å². The van der Waals surface area contributed by atoms with E-state index in [1.54, 1.807) is 12.4 Å². The maximum absolute atomic E-state index is 13.9. The van der Waals surface area contributed by atoms with Crippen molar-refractivity contribution in [2.75, 3.05) is 16.0 Å². The smallest absolute Gasteiger partial charge is 0.254 e. The summed E-state index contributed by atoms with van der Waals surface area (Å²) < 4.78 is 27.3. The lowest BCUT2D eigenvalue weighted by Gasteiger charge is -2.27. The Bertz CT molecular complexity index is 1410. The van der Waals surface area contributed by atoms with Crippen LogP contribution in [-0.4, -0.2) is 15.9 Å². The Hall–Kier alpha value is -4.53. The van der Waals surface area contributed by atoms with Crippen LogP contribution < -0.4 is 21.3 Å². The number of aryl methyl sites for hydroxylation is 1. The van der Waals surface area contributed by atoms with Crippen LogP contribution >= 0.6 is 0 Å². The highest BCUT2D eigenvalue weighted by molar-refractivity contribution is 5.94. The molecule has 2 aromatic heterocycles. The van der Waals surface area contributed by atoms with Crippen LogP contribution in [0.3, 0.4) is 0 Å². The highest BCUT2D eigenvalue weighted by atomic mass is 19.2. The number of carbonyl (C=O) groups is 1. The predicted octanol–water partition coefficient (Wildman–Crippen LogP) is 4.84. The number of carbonyl (C=O) groups excluding carboxylic acids is 1. The summed E-state index contributed by atoms with van der Waals surface area (Å²) in [4.78, 5) is 23.2. The standard InChI is InChI=1S/C26H22F2N6O/c1-15-12-21-25(31-13-15)34(24(33-21)19-5-3-11-30-23(19)29)17-9-7-16(8-10-17)14-32-26(35)18-4-2-6-20(27)22(18)28/h2-13,24,33H,14H2,1H3,(H2,29,30)(H,32,35). The third-order valence-electron chi connectivity index (χ3n) is 5.81. The Morgan fingerprint density at radius 3 is 2.69 bits per heavy atom. The van der Waals surface area contributed by atoms with Crippen LogP contribution in [0.25, 0.3) is 0 Å². The van der Waals surface area contributed by atoms with Gasteiger partial charge in [-0.05, 0) is 60.5 Å². The van der Waals surface area contributed by atoms with Gasteiger partial charge in [-0.25, -0.2) is 18.7 Å². The van der Waals surface area contributed by atoms with Gasteiger partial charge in [0.05, 0.1) is 11.3 Å². The Balaban J connectivity index is 1.39. The Morgan fingerprint density at radius 2 is 1.91 bits per heavy atom. The van der Waals surface area contributed by atoms with Crippen LogP contribution in [0.4, 0.5) is 31.8 Å². The van der Waals surface area contributed by atoms with Crippen LogP contribution in [0.1, 0.15) is 33.2 Å². The first-order chi connectivity index (χ1) is 16.9. The quantitative estimate of drug-likeness (QED) is 0.385. The van der Waals surface area contributed by atoms with Gasteiger partial charge in [0.1, 0.15) is 12.0 Å². The number of fused-ring (bicyclic) bond motifs is 1. The lowest BCUT2D eigenvalue weighted by molar-refractivity contribution is 0.0946. The number of rotatable bonds is 5. The van der Waals surface area contributed by atoms with E-state index in [1.165, 1.54) is 12.1 Å². The number of amides is 1. The highest BCUT2D eigenvalue weighted by Crippen LogP contribution is 2.45. The molecule has 9 heteroatoms. The minimum atomic E-state index is -1.16. The van der Waals surface area contributed by atoms with Gasteiger partial charge in [-0.15, -0.1) is 0 Å². The second-order valence-electron chi connectivity index (χ2n) is 8.23. The molecule has 1 aliphatic heterocycles. The van der Waals surface area contributed by atoms with E-state index in [9.17, 15) is 13.6 Å². The number of nitrogens with one attached hydrogen (secondary N) is 2. The number of hydrogen-bond acceptors (Lipinski definition) is 6. The summed E-state index contributed by atoms with van der Waals surface area (Å²) in [5, 5.41) is 6.11. The third kappa shape index (κ3) is 4.23. The second-order valence-corrected chi connectivity index (χ2v) is 8.23. The van der Waals surface area contributed by atoms with Crippen LogP contribution in [0.15, 0.2) is 73.1 Å². The molecule has 1 amide bonds. The van der Waals surface area contributed by atoms with Gasteiger partial charge in [0.2, 0.25) is 0 Å². The van der Waals surface area contributed by atoms with E-state index >= 15 is 0 Å². The van der Waals surface area contributed by atoms with Crippen molar-refractivity contribution in [3.05, 3.63) is 107 Å². The number of hydrogen-bond donors (Lipinski definition) is 3. The summed E-state index contributed by atoms with van der Waals surface area (Å²) in [6.45, 7) is 2.13. The zero-order valence-corrected chi connectivity index (χ0v) is 18.8. The molecule has 0 saturated carbocycles. The zero-order valence-electron chi connectivity index (χ0n) is 18.8. The summed E-state index contributed by atoms with van der Waals surface area (Å²) in [5.74, 6) is -1.73. The first kappa shape index (κ1) is 22.3. The summed E-state index contributed by atoms with van der Waals surface area (Å²) in [7, 11) is 0. The molecular formula is C26H22F2N6O. The molecule has 1 unspecified atom stereocenters. The van der Waals surface area contributed by atoms with Crippen LogP contribution in [-0.2, 0) is 6.54 Å². The first-order valence-electron chi connectivity index (χ1n) is 11.0. The molecule has 35 heavy (non-hydrogen) atoms. The largest absolute Gasteiger partial charge is 0.383 e. The van der Waals surface area contributed by atoms with E-state index in [-0.39, 0.29) is 18.3 Å². The van der Waals surface area contributed by atoms with Gasteiger partial charge < -0.3 is 16.4 Å². The van der Waals surface area contributed by atoms with Crippen molar-refractivity contribution in [2.45, 2.75) is 19.6 Å². The molecule has 1 atom stereocenters. The molecular weight excluding hydrogens is 450 g/mol. The molecule has 0 saturated heterocycles. The number of aromatic nitrogens is 2. The van der Waals surface area contributed by atoms with Crippen LogP contribution in [0.5, 0.6) is 0 Å². The van der Waals surface area contributed by atoms with Crippen molar-refractivity contribution in [1.29, 1.82) is 0 Å². The van der Waals surface area contributed by atoms with Crippen molar-refractivity contribution in [1.82, 2.24) is 15.3 Å².